The summed E-state index contributed by atoms with van der Waals surface area (Å²) in [5.41, 5.74) is 2.82. The molecule has 1 unspecified atom stereocenters. The fourth-order valence-electron chi connectivity index (χ4n) is 5.29. The van der Waals surface area contributed by atoms with E-state index in [0.717, 1.165) is 93.7 Å². The Balaban J connectivity index is 1.41. The Hall–Kier alpha value is -2.77. The molecule has 1 saturated heterocycles. The predicted octanol–water partition coefficient (Wildman–Crippen LogP) is 4.19. The highest BCUT2D eigenvalue weighted by atomic mass is 16.5. The van der Waals surface area contributed by atoms with Gasteiger partial charge in [-0.3, -0.25) is 14.3 Å². The van der Waals surface area contributed by atoms with Gasteiger partial charge in [0.1, 0.15) is 5.65 Å². The van der Waals surface area contributed by atoms with Crippen molar-refractivity contribution in [1.29, 1.82) is 0 Å². The number of hydrogen-bond acceptors (Lipinski definition) is 6. The van der Waals surface area contributed by atoms with Gasteiger partial charge in [0.05, 0.1) is 13.2 Å². The number of hydrogen-bond donors (Lipinski definition) is 1. The Bertz CT molecular complexity index is 1150. The van der Waals surface area contributed by atoms with Gasteiger partial charge < -0.3 is 10.1 Å². The maximum absolute atomic E-state index is 13.8. The molecule has 7 nitrogen and oxygen atoms in total. The number of rotatable bonds is 8. The Morgan fingerprint density at radius 3 is 2.68 bits per heavy atom. The second-order valence-electron chi connectivity index (χ2n) is 9.55. The maximum atomic E-state index is 13.8. The molecule has 180 valence electrons. The van der Waals surface area contributed by atoms with Gasteiger partial charge in [-0.2, -0.15) is 4.98 Å². The molecule has 0 bridgehead atoms. The highest BCUT2D eigenvalue weighted by Crippen LogP contribution is 2.32. The average molecular weight is 462 g/mol. The van der Waals surface area contributed by atoms with E-state index in [0.29, 0.717) is 5.95 Å². The molecule has 1 aromatic carbocycles. The molecular formula is C27H35N5O2. The number of nitrogens with one attached hydrogen (secondary N) is 1. The Labute approximate surface area is 201 Å². The third-order valence-electron chi connectivity index (χ3n) is 7.29. The van der Waals surface area contributed by atoms with E-state index in [1.165, 1.54) is 0 Å². The van der Waals surface area contributed by atoms with Gasteiger partial charge in [0.15, 0.2) is 0 Å². The van der Waals surface area contributed by atoms with Gasteiger partial charge in [0.25, 0.3) is 5.56 Å². The largest absolute Gasteiger partial charge is 0.379 e. The third-order valence-corrected chi connectivity index (χ3v) is 7.29. The Morgan fingerprint density at radius 1 is 1.15 bits per heavy atom. The molecular weight excluding hydrogens is 426 g/mol. The fraction of sp³-hybridized carbons (Fsp3) is 0.519. The van der Waals surface area contributed by atoms with Crippen LogP contribution in [-0.2, 0) is 4.74 Å². The van der Waals surface area contributed by atoms with Gasteiger partial charge in [0.2, 0.25) is 5.95 Å². The van der Waals surface area contributed by atoms with E-state index in [9.17, 15) is 4.79 Å². The van der Waals surface area contributed by atoms with Crippen LogP contribution in [0.3, 0.4) is 0 Å². The minimum absolute atomic E-state index is 0.0174. The number of anilines is 1. The molecule has 1 saturated carbocycles. The third kappa shape index (κ3) is 5.00. The first-order chi connectivity index (χ1) is 16.7. The summed E-state index contributed by atoms with van der Waals surface area (Å²) in [7, 11) is 0. The van der Waals surface area contributed by atoms with Crippen LogP contribution in [0, 0.1) is 0 Å². The van der Waals surface area contributed by atoms with Crippen LogP contribution in [0.4, 0.5) is 5.95 Å². The fourth-order valence-corrected chi connectivity index (χ4v) is 5.29. The standard InChI is InChI=1S/C27H35N5O2/c1-20(21-8-3-2-4-9-21)24-18-22-19-29-27(28-12-7-13-31-14-16-34-17-15-31)30-25(22)32(26(24)33)23-10-5-6-11-23/h2-4,8-9,18-20,23H,5-7,10-17H2,1H3,(H,28,29,30). The number of aromatic nitrogens is 3. The minimum Gasteiger partial charge on any atom is -0.379 e. The number of benzene rings is 1. The molecule has 1 aliphatic heterocycles. The zero-order chi connectivity index (χ0) is 23.3. The van der Waals surface area contributed by atoms with E-state index in [1.807, 2.05) is 35.0 Å². The van der Waals surface area contributed by atoms with Crippen molar-refractivity contribution in [3.8, 4) is 0 Å². The predicted molar refractivity (Wildman–Crippen MR) is 136 cm³/mol. The molecule has 2 aliphatic rings. The van der Waals surface area contributed by atoms with E-state index >= 15 is 0 Å². The van der Waals surface area contributed by atoms with Crippen molar-refractivity contribution < 1.29 is 4.74 Å². The molecule has 2 fully saturated rings. The van der Waals surface area contributed by atoms with Crippen LogP contribution >= 0.6 is 0 Å². The lowest BCUT2D eigenvalue weighted by Gasteiger charge is -2.26. The Morgan fingerprint density at radius 2 is 1.91 bits per heavy atom. The average Bonchev–Trinajstić information content (AvgIpc) is 3.41. The van der Waals surface area contributed by atoms with E-state index in [-0.39, 0.29) is 17.5 Å². The van der Waals surface area contributed by atoms with Crippen molar-refractivity contribution in [3.05, 3.63) is 64.1 Å². The molecule has 3 aromatic rings. The molecule has 2 aromatic heterocycles. The molecule has 0 radical (unpaired) electrons. The van der Waals surface area contributed by atoms with Crippen LogP contribution in [0.15, 0.2) is 47.4 Å². The summed E-state index contributed by atoms with van der Waals surface area (Å²) in [5.74, 6) is 0.619. The van der Waals surface area contributed by atoms with Crippen LogP contribution in [0.25, 0.3) is 11.0 Å². The summed E-state index contributed by atoms with van der Waals surface area (Å²) in [6.07, 6.45) is 7.28. The summed E-state index contributed by atoms with van der Waals surface area (Å²) >= 11 is 0. The van der Waals surface area contributed by atoms with Crippen molar-refractivity contribution in [3.63, 3.8) is 0 Å². The van der Waals surface area contributed by atoms with E-state index in [1.54, 1.807) is 0 Å². The molecule has 34 heavy (non-hydrogen) atoms. The number of nitrogens with zero attached hydrogens (tertiary/aromatic N) is 4. The first-order valence-electron chi connectivity index (χ1n) is 12.7. The molecule has 0 spiro atoms. The van der Waals surface area contributed by atoms with Gasteiger partial charge in [-0.05, 0) is 37.4 Å². The lowest BCUT2D eigenvalue weighted by atomic mass is 9.93. The van der Waals surface area contributed by atoms with Gasteiger partial charge in [-0.25, -0.2) is 4.98 Å². The summed E-state index contributed by atoms with van der Waals surface area (Å²) in [4.78, 5) is 25.7. The number of fused-ring (bicyclic) bond motifs is 1. The molecule has 1 N–H and O–H groups in total. The number of morpholine rings is 1. The zero-order valence-electron chi connectivity index (χ0n) is 20.1. The quantitative estimate of drug-likeness (QED) is 0.507. The minimum atomic E-state index is 0.0174. The second-order valence-corrected chi connectivity index (χ2v) is 9.55. The highest BCUT2D eigenvalue weighted by Gasteiger charge is 2.24. The molecule has 7 heteroatoms. The maximum Gasteiger partial charge on any atom is 0.256 e. The number of ether oxygens (including phenoxy) is 1. The summed E-state index contributed by atoms with van der Waals surface area (Å²) < 4.78 is 7.39. The van der Waals surface area contributed by atoms with Crippen molar-refractivity contribution in [2.45, 2.75) is 51.0 Å². The van der Waals surface area contributed by atoms with Crippen molar-refractivity contribution in [2.24, 2.45) is 0 Å². The van der Waals surface area contributed by atoms with Gasteiger partial charge in [0, 0.05) is 48.7 Å². The zero-order valence-corrected chi connectivity index (χ0v) is 20.1. The Kier molecular flexibility index (Phi) is 7.21. The van der Waals surface area contributed by atoms with Crippen LogP contribution in [0.5, 0.6) is 0 Å². The molecule has 3 heterocycles. The van der Waals surface area contributed by atoms with Crippen LogP contribution < -0.4 is 10.9 Å². The van der Waals surface area contributed by atoms with Crippen molar-refractivity contribution >= 4 is 17.0 Å². The smallest absolute Gasteiger partial charge is 0.256 e. The van der Waals surface area contributed by atoms with Gasteiger partial charge in [-0.1, -0.05) is 50.1 Å². The van der Waals surface area contributed by atoms with Crippen LogP contribution in [0.2, 0.25) is 0 Å². The monoisotopic (exact) mass is 461 g/mol. The first kappa shape index (κ1) is 23.0. The second kappa shape index (κ2) is 10.7. The molecule has 0 amide bonds. The number of pyridine rings is 1. The van der Waals surface area contributed by atoms with Crippen molar-refractivity contribution in [1.82, 2.24) is 19.4 Å². The summed E-state index contributed by atoms with van der Waals surface area (Å²) in [6, 6.07) is 12.5. The lowest BCUT2D eigenvalue weighted by Crippen LogP contribution is -2.37. The lowest BCUT2D eigenvalue weighted by molar-refractivity contribution is 0.0378. The molecule has 1 atom stereocenters. The highest BCUT2D eigenvalue weighted by molar-refractivity contribution is 5.76. The van der Waals surface area contributed by atoms with E-state index < -0.39 is 0 Å². The van der Waals surface area contributed by atoms with Gasteiger partial charge >= 0.3 is 0 Å². The molecule has 1 aliphatic carbocycles. The normalized spacial score (nSPS) is 18.4. The SMILES string of the molecule is CC(c1ccccc1)c1cc2cnc(NCCCN3CCOCC3)nc2n(C2CCCC2)c1=O. The van der Waals surface area contributed by atoms with Crippen molar-refractivity contribution in [2.75, 3.05) is 44.7 Å². The van der Waals surface area contributed by atoms with E-state index in [4.69, 9.17) is 9.72 Å². The molecule has 5 rings (SSSR count). The van der Waals surface area contributed by atoms with Crippen LogP contribution in [0.1, 0.15) is 62.1 Å². The van der Waals surface area contributed by atoms with Crippen LogP contribution in [-0.4, -0.2) is 58.8 Å². The first-order valence-corrected chi connectivity index (χ1v) is 12.7. The van der Waals surface area contributed by atoms with E-state index in [2.05, 4.69) is 34.3 Å². The topological polar surface area (TPSA) is 72.3 Å². The summed E-state index contributed by atoms with van der Waals surface area (Å²) in [6.45, 7) is 7.61. The summed E-state index contributed by atoms with van der Waals surface area (Å²) in [5, 5.41) is 4.31. The van der Waals surface area contributed by atoms with Gasteiger partial charge in [-0.15, -0.1) is 0 Å².